The van der Waals surface area contributed by atoms with Gasteiger partial charge < -0.3 is 10.1 Å². The first-order valence-corrected chi connectivity index (χ1v) is 5.07. The molecule has 0 amide bonds. The van der Waals surface area contributed by atoms with Crippen LogP contribution < -0.4 is 5.32 Å². The van der Waals surface area contributed by atoms with Gasteiger partial charge >= 0.3 is 0 Å². The molecule has 0 bridgehead atoms. The number of rotatable bonds is 3. The lowest BCUT2D eigenvalue weighted by molar-refractivity contribution is -0.114. The molecule has 3 heteroatoms. The molecule has 0 saturated carbocycles. The predicted octanol–water partition coefficient (Wildman–Crippen LogP) is 1.17. The molecule has 0 aromatic rings. The minimum absolute atomic E-state index is 0.244. The van der Waals surface area contributed by atoms with Crippen molar-refractivity contribution in [1.29, 1.82) is 0 Å². The van der Waals surface area contributed by atoms with E-state index < -0.39 is 0 Å². The van der Waals surface area contributed by atoms with Gasteiger partial charge in [-0.15, -0.1) is 0 Å². The average Bonchev–Trinajstić information content (AvgIpc) is 2.63. The molecule has 1 heterocycles. The van der Waals surface area contributed by atoms with E-state index in [2.05, 4.69) is 11.4 Å². The number of carbonyl (C=O) groups excluding carboxylic acids is 1. The van der Waals surface area contributed by atoms with Gasteiger partial charge in [-0.1, -0.05) is 11.6 Å². The zero-order valence-electron chi connectivity index (χ0n) is 8.21. The van der Waals surface area contributed by atoms with Gasteiger partial charge in [-0.2, -0.15) is 0 Å². The third-order valence-electron chi connectivity index (χ3n) is 2.58. The Labute approximate surface area is 83.8 Å². The smallest absolute Gasteiger partial charge is 0.157 e. The SMILES string of the molecule is O=C1C=C(NCC2=CCOCC2)CC1. The van der Waals surface area contributed by atoms with E-state index in [-0.39, 0.29) is 5.78 Å². The Morgan fingerprint density at radius 2 is 2.29 bits per heavy atom. The van der Waals surface area contributed by atoms with Crippen LogP contribution in [0.4, 0.5) is 0 Å². The molecule has 0 unspecified atom stereocenters. The molecule has 3 nitrogen and oxygen atoms in total. The van der Waals surface area contributed by atoms with E-state index in [1.165, 1.54) is 5.57 Å². The molecule has 0 aromatic carbocycles. The Kier molecular flexibility index (Phi) is 2.99. The van der Waals surface area contributed by atoms with Crippen LogP contribution in [0.5, 0.6) is 0 Å². The number of ether oxygens (including phenoxy) is 1. The summed E-state index contributed by atoms with van der Waals surface area (Å²) in [5.41, 5.74) is 2.47. The van der Waals surface area contributed by atoms with E-state index in [0.717, 1.165) is 38.3 Å². The lowest BCUT2D eigenvalue weighted by Gasteiger charge is -2.14. The fourth-order valence-electron chi connectivity index (χ4n) is 1.69. The topological polar surface area (TPSA) is 38.3 Å². The van der Waals surface area contributed by atoms with Crippen molar-refractivity contribution in [1.82, 2.24) is 5.32 Å². The summed E-state index contributed by atoms with van der Waals surface area (Å²) in [5, 5.41) is 3.30. The van der Waals surface area contributed by atoms with Crippen molar-refractivity contribution >= 4 is 5.78 Å². The van der Waals surface area contributed by atoms with Crippen molar-refractivity contribution in [2.45, 2.75) is 19.3 Å². The molecular formula is C11H15NO2. The highest BCUT2D eigenvalue weighted by molar-refractivity contribution is 5.92. The Bertz CT molecular complexity index is 292. The zero-order chi connectivity index (χ0) is 9.80. The van der Waals surface area contributed by atoms with Gasteiger partial charge in [0.1, 0.15) is 0 Å². The highest BCUT2D eigenvalue weighted by atomic mass is 16.5. The van der Waals surface area contributed by atoms with Crippen LogP contribution in [0.2, 0.25) is 0 Å². The predicted molar refractivity (Wildman–Crippen MR) is 53.8 cm³/mol. The second-order valence-corrected chi connectivity index (χ2v) is 3.68. The monoisotopic (exact) mass is 193 g/mol. The molecule has 2 aliphatic rings. The van der Waals surface area contributed by atoms with Crippen LogP contribution in [-0.4, -0.2) is 25.5 Å². The quantitative estimate of drug-likeness (QED) is 0.684. The summed E-state index contributed by atoms with van der Waals surface area (Å²) in [6.07, 6.45) is 6.40. The third-order valence-corrected chi connectivity index (χ3v) is 2.58. The number of hydrogen-bond acceptors (Lipinski definition) is 3. The first kappa shape index (κ1) is 9.46. The Hall–Kier alpha value is -1.09. The maximum Gasteiger partial charge on any atom is 0.157 e. The summed E-state index contributed by atoms with van der Waals surface area (Å²) in [5.74, 6) is 0.244. The Balaban J connectivity index is 1.79. The van der Waals surface area contributed by atoms with Crippen molar-refractivity contribution in [2.24, 2.45) is 0 Å². The lowest BCUT2D eigenvalue weighted by Crippen LogP contribution is -2.18. The minimum Gasteiger partial charge on any atom is -0.384 e. The number of hydrogen-bond donors (Lipinski definition) is 1. The maximum absolute atomic E-state index is 11.0. The summed E-state index contributed by atoms with van der Waals surface area (Å²) in [6, 6.07) is 0. The largest absolute Gasteiger partial charge is 0.384 e. The van der Waals surface area contributed by atoms with Gasteiger partial charge in [-0.25, -0.2) is 0 Å². The lowest BCUT2D eigenvalue weighted by atomic mass is 10.1. The number of ketones is 1. The molecule has 0 saturated heterocycles. The van der Waals surface area contributed by atoms with Gasteiger partial charge in [0, 0.05) is 24.7 Å². The van der Waals surface area contributed by atoms with E-state index in [0.29, 0.717) is 6.42 Å². The molecule has 0 atom stereocenters. The van der Waals surface area contributed by atoms with Crippen molar-refractivity contribution < 1.29 is 9.53 Å². The average molecular weight is 193 g/mol. The van der Waals surface area contributed by atoms with Crippen molar-refractivity contribution in [2.75, 3.05) is 19.8 Å². The van der Waals surface area contributed by atoms with Gasteiger partial charge in [0.15, 0.2) is 5.78 Å². The summed E-state index contributed by atoms with van der Waals surface area (Å²) in [4.78, 5) is 11.0. The number of carbonyl (C=O) groups is 1. The van der Waals surface area contributed by atoms with Crippen LogP contribution in [0, 0.1) is 0 Å². The molecule has 1 N–H and O–H groups in total. The molecule has 14 heavy (non-hydrogen) atoms. The third kappa shape index (κ3) is 2.45. The van der Waals surface area contributed by atoms with Crippen LogP contribution in [0.3, 0.4) is 0 Å². The van der Waals surface area contributed by atoms with Crippen LogP contribution >= 0.6 is 0 Å². The van der Waals surface area contributed by atoms with E-state index in [4.69, 9.17) is 4.74 Å². The highest BCUT2D eigenvalue weighted by Crippen LogP contribution is 2.13. The Morgan fingerprint density at radius 1 is 1.36 bits per heavy atom. The number of allylic oxidation sites excluding steroid dienone is 2. The molecule has 0 fully saturated rings. The molecule has 2 rings (SSSR count). The first-order valence-electron chi connectivity index (χ1n) is 5.07. The van der Waals surface area contributed by atoms with Crippen molar-refractivity contribution in [3.05, 3.63) is 23.4 Å². The summed E-state index contributed by atoms with van der Waals surface area (Å²) < 4.78 is 5.22. The van der Waals surface area contributed by atoms with Crippen LogP contribution in [0.15, 0.2) is 23.4 Å². The fourth-order valence-corrected chi connectivity index (χ4v) is 1.69. The van der Waals surface area contributed by atoms with E-state index in [1.807, 2.05) is 0 Å². The number of nitrogens with one attached hydrogen (secondary N) is 1. The van der Waals surface area contributed by atoms with Crippen LogP contribution in [0.25, 0.3) is 0 Å². The van der Waals surface area contributed by atoms with Gasteiger partial charge in [0.2, 0.25) is 0 Å². The van der Waals surface area contributed by atoms with Gasteiger partial charge in [0.25, 0.3) is 0 Å². The standard InChI is InChI=1S/C11H15NO2/c13-11-2-1-10(7-11)12-8-9-3-5-14-6-4-9/h3,7,12H,1-2,4-6,8H2. The molecule has 76 valence electrons. The van der Waals surface area contributed by atoms with Crippen LogP contribution in [-0.2, 0) is 9.53 Å². The fraction of sp³-hybridized carbons (Fsp3) is 0.545. The molecule has 1 aliphatic carbocycles. The minimum atomic E-state index is 0.244. The Morgan fingerprint density at radius 3 is 2.93 bits per heavy atom. The second kappa shape index (κ2) is 4.42. The highest BCUT2D eigenvalue weighted by Gasteiger charge is 2.11. The normalized spacial score (nSPS) is 21.9. The maximum atomic E-state index is 11.0. The summed E-state index contributed by atoms with van der Waals surface area (Å²) in [6.45, 7) is 2.42. The second-order valence-electron chi connectivity index (χ2n) is 3.68. The van der Waals surface area contributed by atoms with Crippen molar-refractivity contribution in [3.63, 3.8) is 0 Å². The zero-order valence-corrected chi connectivity index (χ0v) is 8.21. The summed E-state index contributed by atoms with van der Waals surface area (Å²) >= 11 is 0. The van der Waals surface area contributed by atoms with E-state index >= 15 is 0 Å². The van der Waals surface area contributed by atoms with E-state index in [1.54, 1.807) is 6.08 Å². The van der Waals surface area contributed by atoms with Gasteiger partial charge in [-0.05, 0) is 12.8 Å². The van der Waals surface area contributed by atoms with E-state index in [9.17, 15) is 4.79 Å². The molecule has 0 spiro atoms. The van der Waals surface area contributed by atoms with Crippen molar-refractivity contribution in [3.8, 4) is 0 Å². The molecule has 0 radical (unpaired) electrons. The van der Waals surface area contributed by atoms with Crippen LogP contribution in [0.1, 0.15) is 19.3 Å². The first-order chi connectivity index (χ1) is 6.84. The molecule has 0 aromatic heterocycles. The summed E-state index contributed by atoms with van der Waals surface area (Å²) in [7, 11) is 0. The molecular weight excluding hydrogens is 178 g/mol. The molecule has 1 aliphatic heterocycles. The van der Waals surface area contributed by atoms with Gasteiger partial charge in [0.05, 0.1) is 13.2 Å². The van der Waals surface area contributed by atoms with Gasteiger partial charge in [-0.3, -0.25) is 4.79 Å².